The maximum atomic E-state index is 9.43. The first kappa shape index (κ1) is 10.7. The van der Waals surface area contributed by atoms with Gasteiger partial charge in [-0.05, 0) is 17.2 Å². The fourth-order valence-electron chi connectivity index (χ4n) is 1.57. The van der Waals surface area contributed by atoms with Crippen LogP contribution in [0.5, 0.6) is 5.75 Å². The van der Waals surface area contributed by atoms with Crippen molar-refractivity contribution in [3.8, 4) is 16.9 Å². The van der Waals surface area contributed by atoms with Gasteiger partial charge in [-0.15, -0.1) is 0 Å². The Hall–Kier alpha value is -1.78. The molecule has 0 spiro atoms. The fourth-order valence-corrected chi connectivity index (χ4v) is 1.57. The Morgan fingerprint density at radius 2 is 1.50 bits per heavy atom. The van der Waals surface area contributed by atoms with E-state index < -0.39 is 7.12 Å². The molecule has 2 aromatic rings. The van der Waals surface area contributed by atoms with Crippen LogP contribution in [-0.4, -0.2) is 22.3 Å². The highest BCUT2D eigenvalue weighted by atomic mass is 16.4. The molecule has 16 heavy (non-hydrogen) atoms. The summed E-state index contributed by atoms with van der Waals surface area (Å²) >= 11 is 0. The van der Waals surface area contributed by atoms with Crippen LogP contribution >= 0.6 is 0 Å². The third kappa shape index (κ3) is 2.08. The lowest BCUT2D eigenvalue weighted by molar-refractivity contribution is 0.419. The maximum Gasteiger partial charge on any atom is 0.492 e. The monoisotopic (exact) mass is 214 g/mol. The first-order valence-electron chi connectivity index (χ1n) is 4.93. The first-order chi connectivity index (χ1) is 7.68. The fraction of sp³-hybridized carbons (Fsp3) is 0. The van der Waals surface area contributed by atoms with Crippen LogP contribution in [0.4, 0.5) is 0 Å². The maximum absolute atomic E-state index is 9.43. The van der Waals surface area contributed by atoms with Gasteiger partial charge in [0.2, 0.25) is 0 Å². The average Bonchev–Trinajstić information content (AvgIpc) is 2.30. The van der Waals surface area contributed by atoms with E-state index in [1.54, 1.807) is 12.1 Å². The molecule has 2 rings (SSSR count). The van der Waals surface area contributed by atoms with Crippen molar-refractivity contribution in [1.82, 2.24) is 0 Å². The van der Waals surface area contributed by atoms with Crippen LogP contribution in [0.2, 0.25) is 0 Å². The zero-order chi connectivity index (χ0) is 11.5. The highest BCUT2D eigenvalue weighted by Crippen LogP contribution is 2.20. The van der Waals surface area contributed by atoms with Crippen LogP contribution in [0.25, 0.3) is 11.1 Å². The van der Waals surface area contributed by atoms with Crippen molar-refractivity contribution >= 4 is 12.6 Å². The Labute approximate surface area is 93.8 Å². The Morgan fingerprint density at radius 3 is 2.12 bits per heavy atom. The van der Waals surface area contributed by atoms with Gasteiger partial charge in [0, 0.05) is 5.46 Å². The second kappa shape index (κ2) is 4.39. The second-order valence-electron chi connectivity index (χ2n) is 3.51. The third-order valence-corrected chi connectivity index (χ3v) is 2.41. The minimum Gasteiger partial charge on any atom is -0.508 e. The molecule has 0 atom stereocenters. The zero-order valence-corrected chi connectivity index (χ0v) is 8.54. The molecule has 0 radical (unpaired) electrons. The summed E-state index contributed by atoms with van der Waals surface area (Å²) in [6.45, 7) is 0. The second-order valence-corrected chi connectivity index (χ2v) is 3.51. The van der Waals surface area contributed by atoms with Crippen LogP contribution in [0, 0.1) is 0 Å². The highest BCUT2D eigenvalue weighted by molar-refractivity contribution is 6.59. The Kier molecular flexibility index (Phi) is 2.94. The van der Waals surface area contributed by atoms with Gasteiger partial charge < -0.3 is 15.2 Å². The molecule has 0 unspecified atom stereocenters. The molecular formula is C12H11BO3. The van der Waals surface area contributed by atoms with Crippen molar-refractivity contribution in [2.24, 2.45) is 0 Å². The number of aromatic hydroxyl groups is 1. The highest BCUT2D eigenvalue weighted by Gasteiger charge is 2.16. The molecule has 0 heterocycles. The molecule has 0 saturated carbocycles. The molecule has 0 saturated heterocycles. The van der Waals surface area contributed by atoms with E-state index in [0.29, 0.717) is 0 Å². The van der Waals surface area contributed by atoms with Crippen LogP contribution in [0.15, 0.2) is 48.5 Å². The topological polar surface area (TPSA) is 60.7 Å². The summed E-state index contributed by atoms with van der Waals surface area (Å²) in [5, 5.41) is 27.6. The normalized spacial score (nSPS) is 10.1. The lowest BCUT2D eigenvalue weighted by Gasteiger charge is -2.07. The quantitative estimate of drug-likeness (QED) is 0.646. The van der Waals surface area contributed by atoms with Gasteiger partial charge in [0.05, 0.1) is 0 Å². The van der Waals surface area contributed by atoms with E-state index in [1.807, 2.05) is 30.3 Å². The predicted octanol–water partition coefficient (Wildman–Crippen LogP) is 0.739. The number of benzene rings is 2. The minimum absolute atomic E-state index is 0.112. The first-order valence-corrected chi connectivity index (χ1v) is 4.93. The van der Waals surface area contributed by atoms with E-state index in [1.165, 1.54) is 6.07 Å². The average molecular weight is 214 g/mol. The van der Waals surface area contributed by atoms with Gasteiger partial charge in [-0.25, -0.2) is 0 Å². The van der Waals surface area contributed by atoms with Gasteiger partial charge in [-0.1, -0.05) is 42.5 Å². The zero-order valence-electron chi connectivity index (χ0n) is 8.54. The molecule has 0 aliphatic rings. The summed E-state index contributed by atoms with van der Waals surface area (Å²) in [6.07, 6.45) is 0. The molecule has 2 aromatic carbocycles. The summed E-state index contributed by atoms with van der Waals surface area (Å²) in [5.41, 5.74) is 1.91. The molecule has 4 heteroatoms. The molecule has 0 aliphatic heterocycles. The standard InChI is InChI=1S/C12H11BO3/c14-12-7-6-10(8-11(12)13(15)16)9-4-2-1-3-5-9/h1-8,14-16H. The van der Waals surface area contributed by atoms with Gasteiger partial charge in [-0.2, -0.15) is 0 Å². The number of hydrogen-bond acceptors (Lipinski definition) is 3. The summed E-state index contributed by atoms with van der Waals surface area (Å²) in [4.78, 5) is 0. The van der Waals surface area contributed by atoms with Gasteiger partial charge in [0.1, 0.15) is 5.75 Å². The van der Waals surface area contributed by atoms with Crippen molar-refractivity contribution in [2.45, 2.75) is 0 Å². The minimum atomic E-state index is -1.66. The van der Waals surface area contributed by atoms with Gasteiger partial charge in [0.15, 0.2) is 0 Å². The van der Waals surface area contributed by atoms with E-state index in [4.69, 9.17) is 10.0 Å². The Balaban J connectivity index is 2.48. The molecule has 3 nitrogen and oxygen atoms in total. The van der Waals surface area contributed by atoms with Crippen LogP contribution in [0.3, 0.4) is 0 Å². The Bertz CT molecular complexity index is 483. The number of hydrogen-bond donors (Lipinski definition) is 3. The SMILES string of the molecule is OB(O)c1cc(-c2ccccc2)ccc1O. The third-order valence-electron chi connectivity index (χ3n) is 2.41. The lowest BCUT2D eigenvalue weighted by atomic mass is 9.78. The van der Waals surface area contributed by atoms with Crippen molar-refractivity contribution < 1.29 is 15.2 Å². The van der Waals surface area contributed by atoms with E-state index >= 15 is 0 Å². The molecule has 3 N–H and O–H groups in total. The summed E-state index contributed by atoms with van der Waals surface area (Å²) in [7, 11) is -1.66. The van der Waals surface area contributed by atoms with Crippen molar-refractivity contribution in [1.29, 1.82) is 0 Å². The van der Waals surface area contributed by atoms with Crippen molar-refractivity contribution in [3.63, 3.8) is 0 Å². The molecule has 0 amide bonds. The molecular weight excluding hydrogens is 203 g/mol. The lowest BCUT2D eigenvalue weighted by Crippen LogP contribution is -2.30. The molecule has 0 aliphatic carbocycles. The van der Waals surface area contributed by atoms with Crippen molar-refractivity contribution in [2.75, 3.05) is 0 Å². The molecule has 0 bridgehead atoms. The number of rotatable bonds is 2. The van der Waals surface area contributed by atoms with Gasteiger partial charge in [0.25, 0.3) is 0 Å². The summed E-state index contributed by atoms with van der Waals surface area (Å²) in [6, 6.07) is 14.3. The Morgan fingerprint density at radius 1 is 0.812 bits per heavy atom. The van der Waals surface area contributed by atoms with E-state index in [-0.39, 0.29) is 11.2 Å². The smallest absolute Gasteiger partial charge is 0.492 e. The van der Waals surface area contributed by atoms with Gasteiger partial charge >= 0.3 is 7.12 Å². The van der Waals surface area contributed by atoms with E-state index in [2.05, 4.69) is 0 Å². The molecule has 80 valence electrons. The molecule has 0 fully saturated rings. The number of phenolic OH excluding ortho intramolecular Hbond substituents is 1. The van der Waals surface area contributed by atoms with Crippen LogP contribution in [-0.2, 0) is 0 Å². The van der Waals surface area contributed by atoms with Gasteiger partial charge in [-0.3, -0.25) is 0 Å². The molecule has 0 aromatic heterocycles. The van der Waals surface area contributed by atoms with Crippen molar-refractivity contribution in [3.05, 3.63) is 48.5 Å². The predicted molar refractivity (Wildman–Crippen MR) is 63.4 cm³/mol. The van der Waals surface area contributed by atoms with E-state index in [9.17, 15) is 5.11 Å². The number of phenols is 1. The van der Waals surface area contributed by atoms with Crippen LogP contribution in [0.1, 0.15) is 0 Å². The summed E-state index contributed by atoms with van der Waals surface area (Å²) in [5.74, 6) is -0.116. The van der Waals surface area contributed by atoms with Crippen LogP contribution < -0.4 is 5.46 Å². The largest absolute Gasteiger partial charge is 0.508 e. The van der Waals surface area contributed by atoms with E-state index in [0.717, 1.165) is 11.1 Å². The summed E-state index contributed by atoms with van der Waals surface area (Å²) < 4.78 is 0.